The molecule has 1 N–H and O–H groups in total. The lowest BCUT2D eigenvalue weighted by Crippen LogP contribution is -2.29. The number of nitrogens with zero attached hydrogens (tertiary/aromatic N) is 1. The van der Waals surface area contributed by atoms with Crippen LogP contribution in [0.4, 0.5) is 0 Å². The number of likely N-dealkylation sites (N-methyl/N-ethyl adjacent to an activating group) is 1. The van der Waals surface area contributed by atoms with E-state index in [1.807, 2.05) is 0 Å². The van der Waals surface area contributed by atoms with Gasteiger partial charge in [-0.15, -0.1) is 0 Å². The molecule has 0 aliphatic carbocycles. The quantitative estimate of drug-likeness (QED) is 0.458. The monoisotopic (exact) mass is 402 g/mol. The Morgan fingerprint density at radius 1 is 0.900 bits per heavy atom. The second kappa shape index (κ2) is 10.6. The molecular formula is C27H34N2O. The van der Waals surface area contributed by atoms with Crippen LogP contribution in [0, 0.1) is 0 Å². The Kier molecular flexibility index (Phi) is 7.39. The van der Waals surface area contributed by atoms with Crippen molar-refractivity contribution in [2.75, 3.05) is 26.7 Å². The Hall–Kier alpha value is -2.36. The predicted octanol–water partition coefficient (Wildman–Crippen LogP) is 5.43. The van der Waals surface area contributed by atoms with Crippen molar-refractivity contribution >= 4 is 10.8 Å². The van der Waals surface area contributed by atoms with Gasteiger partial charge in [0.15, 0.2) is 0 Å². The molecule has 0 amide bonds. The van der Waals surface area contributed by atoms with Gasteiger partial charge < -0.3 is 10.1 Å². The van der Waals surface area contributed by atoms with Crippen molar-refractivity contribution in [3.05, 3.63) is 77.9 Å². The highest BCUT2D eigenvalue weighted by atomic mass is 16.5. The van der Waals surface area contributed by atoms with Gasteiger partial charge in [-0.1, -0.05) is 48.5 Å². The molecule has 1 atom stereocenters. The summed E-state index contributed by atoms with van der Waals surface area (Å²) >= 11 is 0. The summed E-state index contributed by atoms with van der Waals surface area (Å²) < 4.78 is 6.01. The number of hydrogen-bond donors (Lipinski definition) is 1. The van der Waals surface area contributed by atoms with Gasteiger partial charge in [0.2, 0.25) is 0 Å². The van der Waals surface area contributed by atoms with E-state index in [1.54, 1.807) is 0 Å². The van der Waals surface area contributed by atoms with E-state index < -0.39 is 0 Å². The third kappa shape index (κ3) is 5.84. The number of nitrogens with one attached hydrogen (secondary N) is 1. The molecule has 1 heterocycles. The fourth-order valence-corrected chi connectivity index (χ4v) is 4.37. The Morgan fingerprint density at radius 3 is 2.57 bits per heavy atom. The van der Waals surface area contributed by atoms with Crippen LogP contribution in [0.5, 0.6) is 5.75 Å². The fraction of sp³-hybridized carbons (Fsp3) is 0.407. The highest BCUT2D eigenvalue weighted by Crippen LogP contribution is 2.24. The van der Waals surface area contributed by atoms with E-state index in [0.29, 0.717) is 6.04 Å². The number of likely N-dealkylation sites (tertiary alicyclic amines) is 1. The van der Waals surface area contributed by atoms with Crippen molar-refractivity contribution in [2.24, 2.45) is 0 Å². The summed E-state index contributed by atoms with van der Waals surface area (Å²) in [6.07, 6.45) is 5.94. The van der Waals surface area contributed by atoms with Crippen LogP contribution in [0.2, 0.25) is 0 Å². The Bertz CT molecular complexity index is 925. The molecule has 30 heavy (non-hydrogen) atoms. The van der Waals surface area contributed by atoms with Gasteiger partial charge in [0.1, 0.15) is 5.75 Å². The average molecular weight is 403 g/mol. The first kappa shape index (κ1) is 20.9. The molecule has 3 aromatic carbocycles. The smallest absolute Gasteiger partial charge is 0.119 e. The predicted molar refractivity (Wildman–Crippen MR) is 126 cm³/mol. The Balaban J connectivity index is 1.22. The van der Waals surface area contributed by atoms with Gasteiger partial charge in [-0.2, -0.15) is 0 Å². The molecule has 158 valence electrons. The van der Waals surface area contributed by atoms with E-state index in [9.17, 15) is 0 Å². The molecule has 1 aliphatic heterocycles. The maximum atomic E-state index is 6.01. The molecule has 3 nitrogen and oxygen atoms in total. The number of aryl methyl sites for hydroxylation is 1. The van der Waals surface area contributed by atoms with Gasteiger partial charge in [0.05, 0.1) is 6.61 Å². The van der Waals surface area contributed by atoms with E-state index in [0.717, 1.165) is 38.3 Å². The molecule has 1 unspecified atom stereocenters. The molecular weight excluding hydrogens is 368 g/mol. The normalized spacial score (nSPS) is 16.9. The van der Waals surface area contributed by atoms with Gasteiger partial charge in [0.25, 0.3) is 0 Å². The zero-order valence-electron chi connectivity index (χ0n) is 18.1. The first-order chi connectivity index (χ1) is 14.8. The van der Waals surface area contributed by atoms with Crippen LogP contribution in [0.1, 0.15) is 36.8 Å². The van der Waals surface area contributed by atoms with Crippen molar-refractivity contribution in [1.82, 2.24) is 10.2 Å². The maximum Gasteiger partial charge on any atom is 0.119 e. The molecule has 1 saturated heterocycles. The number of unbranched alkanes of at least 4 members (excludes halogenated alkanes) is 2. The zero-order chi connectivity index (χ0) is 20.6. The van der Waals surface area contributed by atoms with Crippen LogP contribution < -0.4 is 10.1 Å². The number of fused-ring (bicyclic) bond motifs is 1. The van der Waals surface area contributed by atoms with Crippen LogP contribution in [0.3, 0.4) is 0 Å². The largest absolute Gasteiger partial charge is 0.494 e. The molecule has 1 fully saturated rings. The molecule has 0 bridgehead atoms. The fourth-order valence-electron chi connectivity index (χ4n) is 4.37. The van der Waals surface area contributed by atoms with Crippen molar-refractivity contribution in [1.29, 1.82) is 0 Å². The van der Waals surface area contributed by atoms with Crippen molar-refractivity contribution < 1.29 is 4.74 Å². The number of ether oxygens (including phenoxy) is 1. The van der Waals surface area contributed by atoms with Crippen LogP contribution in [0.15, 0.2) is 66.7 Å². The van der Waals surface area contributed by atoms with Gasteiger partial charge in [0, 0.05) is 25.7 Å². The Morgan fingerprint density at radius 2 is 1.73 bits per heavy atom. The van der Waals surface area contributed by atoms with E-state index in [-0.39, 0.29) is 0 Å². The minimum absolute atomic E-state index is 0.642. The summed E-state index contributed by atoms with van der Waals surface area (Å²) in [6.45, 7) is 4.16. The van der Waals surface area contributed by atoms with Crippen LogP contribution in [-0.4, -0.2) is 37.7 Å². The van der Waals surface area contributed by atoms with Crippen molar-refractivity contribution in [3.63, 3.8) is 0 Å². The van der Waals surface area contributed by atoms with Crippen molar-refractivity contribution in [2.45, 2.75) is 44.7 Å². The number of hydrogen-bond acceptors (Lipinski definition) is 3. The average Bonchev–Trinajstić information content (AvgIpc) is 3.24. The second-order valence-corrected chi connectivity index (χ2v) is 8.50. The molecule has 3 aromatic rings. The van der Waals surface area contributed by atoms with Crippen LogP contribution in [-0.2, 0) is 13.0 Å². The number of benzene rings is 3. The number of rotatable bonds is 10. The van der Waals surface area contributed by atoms with Gasteiger partial charge in [-0.05, 0) is 79.3 Å². The summed E-state index contributed by atoms with van der Waals surface area (Å²) in [5, 5.41) is 5.95. The van der Waals surface area contributed by atoms with Crippen LogP contribution >= 0.6 is 0 Å². The molecule has 1 aliphatic rings. The minimum Gasteiger partial charge on any atom is -0.494 e. The Labute approximate surface area is 181 Å². The topological polar surface area (TPSA) is 24.5 Å². The summed E-state index contributed by atoms with van der Waals surface area (Å²) in [7, 11) is 2.06. The lowest BCUT2D eigenvalue weighted by atomic mass is 10.1. The molecule has 0 saturated carbocycles. The highest BCUT2D eigenvalue weighted by molar-refractivity contribution is 5.84. The molecule has 0 spiro atoms. The first-order valence-electron chi connectivity index (χ1n) is 11.4. The van der Waals surface area contributed by atoms with E-state index in [1.165, 1.54) is 47.7 Å². The van der Waals surface area contributed by atoms with E-state index >= 15 is 0 Å². The summed E-state index contributed by atoms with van der Waals surface area (Å²) in [5.74, 6) is 0.981. The summed E-state index contributed by atoms with van der Waals surface area (Å²) in [4.78, 5) is 2.54. The summed E-state index contributed by atoms with van der Waals surface area (Å²) in [5.41, 5.74) is 2.82. The molecule has 3 heteroatoms. The van der Waals surface area contributed by atoms with E-state index in [2.05, 4.69) is 84.0 Å². The third-order valence-electron chi connectivity index (χ3n) is 6.18. The SMILES string of the molecule is CNC1CCN(Cc2ccc3cc(OCCCCCc4ccccc4)ccc3c2)C1. The maximum absolute atomic E-state index is 6.01. The minimum atomic E-state index is 0.642. The lowest BCUT2D eigenvalue weighted by molar-refractivity contribution is 0.305. The standard InChI is InChI=1S/C27H34N2O/c1-28-26-15-16-29(21-26)20-23-11-12-25-19-27(14-13-24(25)18-23)30-17-7-3-6-10-22-8-4-2-5-9-22/h2,4-5,8-9,11-14,18-19,26,28H,3,6-7,10,15-17,20-21H2,1H3. The highest BCUT2D eigenvalue weighted by Gasteiger charge is 2.20. The van der Waals surface area contributed by atoms with Gasteiger partial charge in [-0.3, -0.25) is 4.90 Å². The molecule has 0 radical (unpaired) electrons. The summed E-state index contributed by atoms with van der Waals surface area (Å²) in [6, 6.07) is 24.7. The molecule has 4 rings (SSSR count). The molecule has 0 aromatic heterocycles. The van der Waals surface area contributed by atoms with E-state index in [4.69, 9.17) is 4.74 Å². The van der Waals surface area contributed by atoms with Crippen LogP contribution in [0.25, 0.3) is 10.8 Å². The van der Waals surface area contributed by atoms with Gasteiger partial charge in [-0.25, -0.2) is 0 Å². The second-order valence-electron chi connectivity index (χ2n) is 8.50. The van der Waals surface area contributed by atoms with Gasteiger partial charge >= 0.3 is 0 Å². The van der Waals surface area contributed by atoms with Crippen molar-refractivity contribution in [3.8, 4) is 5.75 Å². The zero-order valence-corrected chi connectivity index (χ0v) is 18.1. The third-order valence-corrected chi connectivity index (χ3v) is 6.18. The lowest BCUT2D eigenvalue weighted by Gasteiger charge is -2.16. The first-order valence-corrected chi connectivity index (χ1v) is 11.4.